The van der Waals surface area contributed by atoms with Crippen molar-refractivity contribution in [1.82, 2.24) is 0 Å². The summed E-state index contributed by atoms with van der Waals surface area (Å²) in [5.41, 5.74) is 5.24. The van der Waals surface area contributed by atoms with Gasteiger partial charge in [-0.25, -0.2) is 4.39 Å². The van der Waals surface area contributed by atoms with E-state index in [2.05, 4.69) is 6.92 Å². The summed E-state index contributed by atoms with van der Waals surface area (Å²) in [5.74, 6) is -0.545. The number of carbonyl (C=O) groups excluding carboxylic acids is 1. The Labute approximate surface area is 100 Å². The van der Waals surface area contributed by atoms with Gasteiger partial charge in [0.2, 0.25) is 5.91 Å². The minimum atomic E-state index is -0.604. The van der Waals surface area contributed by atoms with E-state index in [-0.39, 0.29) is 0 Å². The van der Waals surface area contributed by atoms with Gasteiger partial charge in [0.25, 0.3) is 0 Å². The van der Waals surface area contributed by atoms with Crippen LogP contribution in [0.4, 0.5) is 4.39 Å². The Balaban J connectivity index is 2.69. The van der Waals surface area contributed by atoms with E-state index in [1.165, 1.54) is 12.1 Å². The Bertz CT molecular complexity index is 416. The number of benzene rings is 1. The zero-order valence-electron chi connectivity index (χ0n) is 9.78. The molecule has 92 valence electrons. The zero-order chi connectivity index (χ0) is 12.7. The topological polar surface area (TPSA) is 52.3 Å². The molecule has 1 amide bonds. The molecule has 17 heavy (non-hydrogen) atoms. The lowest BCUT2D eigenvalue weighted by atomic mass is 10.2. The Morgan fingerprint density at radius 3 is 2.88 bits per heavy atom. The standard InChI is InChI=1S/C13H16FNO2/c1-2-3-8-17-11-6-4-10(12(14)9-11)5-7-13(15)16/h4-7,9H,2-3,8H2,1H3,(H2,15,16)/b7-5+. The van der Waals surface area contributed by atoms with Crippen LogP contribution in [0.1, 0.15) is 25.3 Å². The van der Waals surface area contributed by atoms with Gasteiger partial charge in [0.15, 0.2) is 0 Å². The molecule has 0 fully saturated rings. The molecule has 0 bridgehead atoms. The van der Waals surface area contributed by atoms with Crippen LogP contribution in [0.5, 0.6) is 5.75 Å². The van der Waals surface area contributed by atoms with Gasteiger partial charge in [-0.2, -0.15) is 0 Å². The van der Waals surface area contributed by atoms with E-state index in [1.54, 1.807) is 12.1 Å². The van der Waals surface area contributed by atoms with Crippen LogP contribution in [0.15, 0.2) is 24.3 Å². The lowest BCUT2D eigenvalue weighted by Crippen LogP contribution is -2.05. The van der Waals surface area contributed by atoms with Crippen molar-refractivity contribution in [3.63, 3.8) is 0 Å². The highest BCUT2D eigenvalue weighted by Crippen LogP contribution is 2.18. The first kappa shape index (κ1) is 13.2. The molecule has 0 aromatic heterocycles. The normalized spacial score (nSPS) is 10.7. The number of amides is 1. The van der Waals surface area contributed by atoms with E-state index in [4.69, 9.17) is 10.5 Å². The molecular formula is C13H16FNO2. The molecular weight excluding hydrogens is 221 g/mol. The summed E-state index contributed by atoms with van der Waals surface area (Å²) in [4.78, 5) is 10.5. The summed E-state index contributed by atoms with van der Waals surface area (Å²) in [7, 11) is 0. The molecule has 1 aromatic carbocycles. The highest BCUT2D eigenvalue weighted by atomic mass is 19.1. The monoisotopic (exact) mass is 237 g/mol. The van der Waals surface area contributed by atoms with Crippen molar-refractivity contribution in [2.75, 3.05) is 6.61 Å². The van der Waals surface area contributed by atoms with Gasteiger partial charge in [-0.05, 0) is 24.6 Å². The van der Waals surface area contributed by atoms with Crippen LogP contribution >= 0.6 is 0 Å². The second-order valence-electron chi connectivity index (χ2n) is 3.62. The van der Waals surface area contributed by atoms with Gasteiger partial charge in [-0.1, -0.05) is 13.3 Å². The number of ether oxygens (including phenoxy) is 1. The lowest BCUT2D eigenvalue weighted by molar-refractivity contribution is -0.113. The van der Waals surface area contributed by atoms with E-state index in [1.807, 2.05) is 0 Å². The smallest absolute Gasteiger partial charge is 0.241 e. The minimum absolute atomic E-state index is 0.312. The maximum absolute atomic E-state index is 13.5. The zero-order valence-corrected chi connectivity index (χ0v) is 9.78. The van der Waals surface area contributed by atoms with Crippen molar-refractivity contribution in [2.24, 2.45) is 5.73 Å². The van der Waals surface area contributed by atoms with E-state index in [0.717, 1.165) is 18.9 Å². The first-order valence-corrected chi connectivity index (χ1v) is 5.53. The van der Waals surface area contributed by atoms with Crippen LogP contribution in [-0.4, -0.2) is 12.5 Å². The third-order valence-electron chi connectivity index (χ3n) is 2.17. The van der Waals surface area contributed by atoms with E-state index < -0.39 is 11.7 Å². The summed E-state index contributed by atoms with van der Waals surface area (Å²) >= 11 is 0. The van der Waals surface area contributed by atoms with Gasteiger partial charge < -0.3 is 10.5 Å². The third-order valence-corrected chi connectivity index (χ3v) is 2.17. The molecule has 4 heteroatoms. The fourth-order valence-corrected chi connectivity index (χ4v) is 1.24. The Morgan fingerprint density at radius 1 is 1.53 bits per heavy atom. The molecule has 0 saturated carbocycles. The van der Waals surface area contributed by atoms with E-state index in [0.29, 0.717) is 17.9 Å². The summed E-state index contributed by atoms with van der Waals surface area (Å²) in [6.07, 6.45) is 4.43. The van der Waals surface area contributed by atoms with E-state index in [9.17, 15) is 9.18 Å². The second kappa shape index (κ2) is 6.68. The first-order valence-electron chi connectivity index (χ1n) is 5.53. The maximum Gasteiger partial charge on any atom is 0.241 e. The minimum Gasteiger partial charge on any atom is -0.493 e. The molecule has 0 spiro atoms. The molecule has 0 saturated heterocycles. The molecule has 0 atom stereocenters. The average Bonchev–Trinajstić information content (AvgIpc) is 2.28. The molecule has 0 heterocycles. The number of carbonyl (C=O) groups is 1. The highest BCUT2D eigenvalue weighted by molar-refractivity contribution is 5.90. The van der Waals surface area contributed by atoms with Crippen LogP contribution in [0.3, 0.4) is 0 Å². The first-order chi connectivity index (χ1) is 8.13. The number of hydrogen-bond acceptors (Lipinski definition) is 2. The van der Waals surface area contributed by atoms with Crippen molar-refractivity contribution >= 4 is 12.0 Å². The molecule has 2 N–H and O–H groups in total. The van der Waals surface area contributed by atoms with Crippen LogP contribution < -0.4 is 10.5 Å². The molecule has 0 aliphatic heterocycles. The van der Waals surface area contributed by atoms with Gasteiger partial charge in [-0.15, -0.1) is 0 Å². The van der Waals surface area contributed by atoms with Crippen LogP contribution in [-0.2, 0) is 4.79 Å². The van der Waals surface area contributed by atoms with Gasteiger partial charge in [0, 0.05) is 17.7 Å². The molecule has 0 aliphatic carbocycles. The molecule has 0 radical (unpaired) electrons. The van der Waals surface area contributed by atoms with Crippen molar-refractivity contribution in [3.8, 4) is 5.75 Å². The average molecular weight is 237 g/mol. The summed E-state index contributed by atoms with van der Waals surface area (Å²) in [6, 6.07) is 4.52. The number of primary amides is 1. The number of hydrogen-bond donors (Lipinski definition) is 1. The Morgan fingerprint density at radius 2 is 2.29 bits per heavy atom. The summed E-state index contributed by atoms with van der Waals surface area (Å²) < 4.78 is 18.9. The largest absolute Gasteiger partial charge is 0.493 e. The Hall–Kier alpha value is -1.84. The lowest BCUT2D eigenvalue weighted by Gasteiger charge is -2.06. The molecule has 1 rings (SSSR count). The molecule has 3 nitrogen and oxygen atoms in total. The van der Waals surface area contributed by atoms with Crippen LogP contribution in [0.25, 0.3) is 6.08 Å². The number of nitrogens with two attached hydrogens (primary N) is 1. The fraction of sp³-hybridized carbons (Fsp3) is 0.308. The number of unbranched alkanes of at least 4 members (excludes halogenated alkanes) is 1. The fourth-order valence-electron chi connectivity index (χ4n) is 1.24. The van der Waals surface area contributed by atoms with Gasteiger partial charge in [-0.3, -0.25) is 4.79 Å². The molecule has 0 unspecified atom stereocenters. The SMILES string of the molecule is CCCCOc1ccc(/C=C/C(N)=O)c(F)c1. The van der Waals surface area contributed by atoms with Gasteiger partial charge >= 0.3 is 0 Å². The second-order valence-corrected chi connectivity index (χ2v) is 3.62. The quantitative estimate of drug-likeness (QED) is 0.610. The van der Waals surface area contributed by atoms with Crippen molar-refractivity contribution < 1.29 is 13.9 Å². The van der Waals surface area contributed by atoms with Gasteiger partial charge in [0.1, 0.15) is 11.6 Å². The van der Waals surface area contributed by atoms with Crippen molar-refractivity contribution in [3.05, 3.63) is 35.7 Å². The van der Waals surface area contributed by atoms with Crippen molar-refractivity contribution in [1.29, 1.82) is 0 Å². The predicted molar refractivity (Wildman–Crippen MR) is 65.0 cm³/mol. The molecule has 1 aromatic rings. The Kier molecular flexibility index (Phi) is 5.20. The predicted octanol–water partition coefficient (Wildman–Crippen LogP) is 2.50. The maximum atomic E-state index is 13.5. The molecule has 0 aliphatic rings. The van der Waals surface area contributed by atoms with Crippen LogP contribution in [0, 0.1) is 5.82 Å². The number of rotatable bonds is 6. The number of halogens is 1. The van der Waals surface area contributed by atoms with Crippen LogP contribution in [0.2, 0.25) is 0 Å². The third kappa shape index (κ3) is 4.68. The van der Waals surface area contributed by atoms with E-state index >= 15 is 0 Å². The van der Waals surface area contributed by atoms with Gasteiger partial charge in [0.05, 0.1) is 6.61 Å². The highest BCUT2D eigenvalue weighted by Gasteiger charge is 2.02. The van der Waals surface area contributed by atoms with Crippen molar-refractivity contribution in [2.45, 2.75) is 19.8 Å². The summed E-state index contributed by atoms with van der Waals surface area (Å²) in [6.45, 7) is 2.63. The summed E-state index contributed by atoms with van der Waals surface area (Å²) in [5, 5.41) is 0.